The van der Waals surface area contributed by atoms with Crippen molar-refractivity contribution in [3.05, 3.63) is 89.1 Å². The summed E-state index contributed by atoms with van der Waals surface area (Å²) in [7, 11) is 0. The van der Waals surface area contributed by atoms with Crippen LogP contribution >= 0.6 is 11.3 Å². The standard InChI is InChI=1S/C22H16F2N4O3S/c23-15-5-3-14(4-6-15)12-25-19(29)13-31-22(30)20-26-21(18-2-1-11-32-18)28(27-20)17-9-7-16(24)8-10-17/h1-11H,12-13H2,(H,25,29). The molecule has 4 aromatic rings. The molecule has 2 heterocycles. The summed E-state index contributed by atoms with van der Waals surface area (Å²) in [4.78, 5) is 29.4. The summed E-state index contributed by atoms with van der Waals surface area (Å²) < 4.78 is 32.7. The molecule has 0 radical (unpaired) electrons. The highest BCUT2D eigenvalue weighted by Crippen LogP contribution is 2.25. The lowest BCUT2D eigenvalue weighted by atomic mass is 10.2. The number of ether oxygens (including phenoxy) is 1. The molecule has 0 saturated heterocycles. The van der Waals surface area contributed by atoms with Gasteiger partial charge in [-0.05, 0) is 53.4 Å². The van der Waals surface area contributed by atoms with Crippen molar-refractivity contribution in [3.63, 3.8) is 0 Å². The number of hydrogen-bond donors (Lipinski definition) is 1. The van der Waals surface area contributed by atoms with E-state index in [1.165, 1.54) is 52.4 Å². The summed E-state index contributed by atoms with van der Waals surface area (Å²) >= 11 is 1.40. The molecule has 32 heavy (non-hydrogen) atoms. The molecule has 0 bridgehead atoms. The van der Waals surface area contributed by atoms with Crippen molar-refractivity contribution >= 4 is 23.2 Å². The van der Waals surface area contributed by atoms with Crippen molar-refractivity contribution in [3.8, 4) is 16.4 Å². The first-order valence-corrected chi connectivity index (χ1v) is 10.3. The maximum absolute atomic E-state index is 13.3. The van der Waals surface area contributed by atoms with Crippen molar-refractivity contribution in [1.29, 1.82) is 0 Å². The smallest absolute Gasteiger partial charge is 0.378 e. The lowest BCUT2D eigenvalue weighted by Gasteiger charge is -2.05. The van der Waals surface area contributed by atoms with E-state index in [4.69, 9.17) is 4.74 Å². The number of carbonyl (C=O) groups excluding carboxylic acids is 2. The van der Waals surface area contributed by atoms with Gasteiger partial charge in [-0.2, -0.15) is 4.98 Å². The number of esters is 1. The predicted molar refractivity (Wildman–Crippen MR) is 113 cm³/mol. The van der Waals surface area contributed by atoms with Gasteiger partial charge in [0, 0.05) is 6.54 Å². The first-order chi connectivity index (χ1) is 15.5. The fraction of sp³-hybridized carbons (Fsp3) is 0.0909. The monoisotopic (exact) mass is 454 g/mol. The minimum absolute atomic E-state index is 0.163. The summed E-state index contributed by atoms with van der Waals surface area (Å²) in [5, 5.41) is 8.62. The molecule has 1 amide bonds. The largest absolute Gasteiger partial charge is 0.450 e. The molecule has 0 atom stereocenters. The van der Waals surface area contributed by atoms with Crippen LogP contribution in [0.5, 0.6) is 0 Å². The van der Waals surface area contributed by atoms with Crippen LogP contribution < -0.4 is 5.32 Å². The Hall–Kier alpha value is -3.92. The molecule has 1 N–H and O–H groups in total. The Balaban J connectivity index is 1.44. The van der Waals surface area contributed by atoms with Crippen molar-refractivity contribution in [2.75, 3.05) is 6.61 Å². The molecular weight excluding hydrogens is 438 g/mol. The summed E-state index contributed by atoms with van der Waals surface area (Å²) in [6.07, 6.45) is 0. The zero-order valence-corrected chi connectivity index (χ0v) is 17.3. The van der Waals surface area contributed by atoms with E-state index in [0.717, 1.165) is 4.88 Å². The number of rotatable bonds is 7. The van der Waals surface area contributed by atoms with E-state index >= 15 is 0 Å². The number of nitrogens with one attached hydrogen (secondary N) is 1. The second kappa shape index (κ2) is 9.48. The second-order valence-electron chi connectivity index (χ2n) is 6.60. The quantitative estimate of drug-likeness (QED) is 0.430. The number of hydrogen-bond acceptors (Lipinski definition) is 6. The van der Waals surface area contributed by atoms with Crippen molar-refractivity contribution in [2.24, 2.45) is 0 Å². The maximum atomic E-state index is 13.3. The average Bonchev–Trinajstić information content (AvgIpc) is 3.48. The predicted octanol–water partition coefficient (Wildman–Crippen LogP) is 3.75. The Bertz CT molecular complexity index is 1220. The molecule has 0 unspecified atom stereocenters. The molecule has 2 aromatic heterocycles. The van der Waals surface area contributed by atoms with Gasteiger partial charge in [0.05, 0.1) is 10.6 Å². The molecule has 2 aromatic carbocycles. The fourth-order valence-electron chi connectivity index (χ4n) is 2.78. The number of halogens is 2. The fourth-order valence-corrected chi connectivity index (χ4v) is 3.47. The van der Waals surface area contributed by atoms with Gasteiger partial charge in [0.2, 0.25) is 0 Å². The number of nitrogens with zero attached hydrogens (tertiary/aromatic N) is 3. The zero-order chi connectivity index (χ0) is 22.5. The highest BCUT2D eigenvalue weighted by Gasteiger charge is 2.21. The van der Waals surface area contributed by atoms with E-state index in [0.29, 0.717) is 17.1 Å². The molecule has 0 fully saturated rings. The first-order valence-electron chi connectivity index (χ1n) is 9.45. The highest BCUT2D eigenvalue weighted by atomic mass is 32.1. The molecule has 162 valence electrons. The molecule has 0 aliphatic rings. The summed E-state index contributed by atoms with van der Waals surface area (Å²) in [5.74, 6) is -2.02. The normalized spacial score (nSPS) is 10.7. The van der Waals surface area contributed by atoms with Crippen LogP contribution in [0.3, 0.4) is 0 Å². The summed E-state index contributed by atoms with van der Waals surface area (Å²) in [6, 6.07) is 14.9. The van der Waals surface area contributed by atoms with Gasteiger partial charge >= 0.3 is 5.97 Å². The van der Waals surface area contributed by atoms with Gasteiger partial charge in [0.25, 0.3) is 11.7 Å². The van der Waals surface area contributed by atoms with Gasteiger partial charge in [-0.15, -0.1) is 16.4 Å². The minimum atomic E-state index is -0.874. The van der Waals surface area contributed by atoms with Crippen molar-refractivity contribution in [1.82, 2.24) is 20.1 Å². The Morgan fingerprint density at radius 2 is 1.69 bits per heavy atom. The zero-order valence-electron chi connectivity index (χ0n) is 16.5. The van der Waals surface area contributed by atoms with Crippen molar-refractivity contribution in [2.45, 2.75) is 6.54 Å². The van der Waals surface area contributed by atoms with Gasteiger partial charge in [-0.25, -0.2) is 18.3 Å². The molecule has 0 aliphatic carbocycles. The SMILES string of the molecule is O=C(COC(=O)c1nc(-c2cccs2)n(-c2ccc(F)cc2)n1)NCc1ccc(F)cc1. The molecular formula is C22H16F2N4O3S. The molecule has 0 spiro atoms. The molecule has 7 nitrogen and oxygen atoms in total. The average molecular weight is 454 g/mol. The third-order valence-corrected chi connectivity index (χ3v) is 5.21. The Morgan fingerprint density at radius 3 is 2.34 bits per heavy atom. The van der Waals surface area contributed by atoms with Crippen LogP contribution in [0.25, 0.3) is 16.4 Å². The van der Waals surface area contributed by atoms with Crippen molar-refractivity contribution < 1.29 is 23.1 Å². The van der Waals surface area contributed by atoms with Gasteiger partial charge in [0.1, 0.15) is 11.6 Å². The van der Waals surface area contributed by atoms with Crippen LogP contribution in [0.2, 0.25) is 0 Å². The van der Waals surface area contributed by atoms with Crippen LogP contribution in [0, 0.1) is 11.6 Å². The molecule has 0 aliphatic heterocycles. The van der Waals surface area contributed by atoms with Gasteiger partial charge in [0.15, 0.2) is 12.4 Å². The number of amides is 1. The minimum Gasteiger partial charge on any atom is -0.450 e. The van der Waals surface area contributed by atoms with E-state index in [1.54, 1.807) is 12.1 Å². The highest BCUT2D eigenvalue weighted by molar-refractivity contribution is 7.13. The van der Waals surface area contributed by atoms with E-state index in [1.807, 2.05) is 17.5 Å². The second-order valence-corrected chi connectivity index (χ2v) is 7.55. The van der Waals surface area contributed by atoms with E-state index in [-0.39, 0.29) is 18.2 Å². The summed E-state index contributed by atoms with van der Waals surface area (Å²) in [6.45, 7) is -0.365. The van der Waals surface area contributed by atoms with E-state index in [9.17, 15) is 18.4 Å². The number of thiophene rings is 1. The summed E-state index contributed by atoms with van der Waals surface area (Å²) in [5.41, 5.74) is 1.21. The van der Waals surface area contributed by atoms with Crippen LogP contribution in [0.4, 0.5) is 8.78 Å². The lowest BCUT2D eigenvalue weighted by Crippen LogP contribution is -2.28. The Morgan fingerprint density at radius 1 is 1.00 bits per heavy atom. The third kappa shape index (κ3) is 5.03. The third-order valence-electron chi connectivity index (χ3n) is 4.34. The Kier molecular flexibility index (Phi) is 6.31. The number of carbonyl (C=O) groups is 2. The van der Waals surface area contributed by atoms with Crippen LogP contribution in [-0.4, -0.2) is 33.2 Å². The lowest BCUT2D eigenvalue weighted by molar-refractivity contribution is -0.124. The molecule has 10 heteroatoms. The van der Waals surface area contributed by atoms with Crippen LogP contribution in [-0.2, 0) is 16.1 Å². The first kappa shape index (κ1) is 21.3. The van der Waals surface area contributed by atoms with Gasteiger partial charge in [-0.1, -0.05) is 18.2 Å². The van der Waals surface area contributed by atoms with E-state index < -0.39 is 24.3 Å². The number of benzene rings is 2. The number of aromatic nitrogens is 3. The van der Waals surface area contributed by atoms with Crippen LogP contribution in [0.15, 0.2) is 66.0 Å². The Labute approximate surface area is 185 Å². The molecule has 4 rings (SSSR count). The van der Waals surface area contributed by atoms with Gasteiger partial charge < -0.3 is 10.1 Å². The van der Waals surface area contributed by atoms with Crippen LogP contribution in [0.1, 0.15) is 16.2 Å². The molecule has 0 saturated carbocycles. The topological polar surface area (TPSA) is 86.1 Å². The maximum Gasteiger partial charge on any atom is 0.378 e. The van der Waals surface area contributed by atoms with Gasteiger partial charge in [-0.3, -0.25) is 4.79 Å². The van der Waals surface area contributed by atoms with E-state index in [2.05, 4.69) is 15.4 Å².